The zero-order valence-electron chi connectivity index (χ0n) is 18.1. The predicted octanol–water partition coefficient (Wildman–Crippen LogP) is 1.03. The number of benzene rings is 1. The number of hydrogen-bond donors (Lipinski definition) is 1. The van der Waals surface area contributed by atoms with Crippen molar-refractivity contribution in [2.24, 2.45) is 0 Å². The normalized spacial score (nSPS) is 25.1. The first kappa shape index (κ1) is 24.1. The first-order valence-electron chi connectivity index (χ1n) is 9.71. The maximum atomic E-state index is 11.9. The topological polar surface area (TPSA) is 126 Å². The van der Waals surface area contributed by atoms with Gasteiger partial charge in [-0.1, -0.05) is 18.2 Å². The van der Waals surface area contributed by atoms with Crippen molar-refractivity contribution in [2.75, 3.05) is 6.61 Å². The quantitative estimate of drug-likeness (QED) is 0.491. The molecule has 2 rings (SSSR count). The van der Waals surface area contributed by atoms with Crippen molar-refractivity contribution >= 4 is 23.8 Å². The van der Waals surface area contributed by atoms with Gasteiger partial charge < -0.3 is 29.0 Å². The van der Waals surface area contributed by atoms with Crippen molar-refractivity contribution in [2.45, 2.75) is 65.3 Å². The first-order valence-corrected chi connectivity index (χ1v) is 9.71. The van der Waals surface area contributed by atoms with E-state index in [2.05, 4.69) is 5.32 Å². The van der Waals surface area contributed by atoms with Crippen LogP contribution in [0, 0.1) is 6.92 Å². The van der Waals surface area contributed by atoms with Gasteiger partial charge in [0, 0.05) is 27.7 Å². The Morgan fingerprint density at radius 2 is 1.55 bits per heavy atom. The van der Waals surface area contributed by atoms with Gasteiger partial charge in [0.2, 0.25) is 12.2 Å². The lowest BCUT2D eigenvalue weighted by molar-refractivity contribution is -0.257. The number of aryl methyl sites for hydroxylation is 1. The minimum atomic E-state index is -1.16. The summed E-state index contributed by atoms with van der Waals surface area (Å²) in [5.74, 6) is -1.88. The summed E-state index contributed by atoms with van der Waals surface area (Å²) in [5, 5.41) is 2.65. The van der Waals surface area contributed by atoms with Crippen LogP contribution in [0.2, 0.25) is 0 Å². The lowest BCUT2D eigenvalue weighted by Crippen LogP contribution is -2.67. The predicted molar refractivity (Wildman–Crippen MR) is 106 cm³/mol. The van der Waals surface area contributed by atoms with Gasteiger partial charge in [0.15, 0.2) is 12.2 Å². The third-order valence-corrected chi connectivity index (χ3v) is 4.41. The summed E-state index contributed by atoms with van der Waals surface area (Å²) in [4.78, 5) is 46.8. The van der Waals surface area contributed by atoms with Crippen LogP contribution in [0.15, 0.2) is 24.3 Å². The number of carbonyl (C=O) groups is 4. The minimum absolute atomic E-state index is 0.286. The Morgan fingerprint density at radius 1 is 0.935 bits per heavy atom. The van der Waals surface area contributed by atoms with Gasteiger partial charge in [-0.2, -0.15) is 0 Å². The number of rotatable bonds is 7. The fraction of sp³-hybridized carbons (Fsp3) is 0.524. The lowest BCUT2D eigenvalue weighted by atomic mass is 9.96. The molecule has 1 saturated heterocycles. The summed E-state index contributed by atoms with van der Waals surface area (Å²) in [6.45, 7) is 6.40. The molecular weight excluding hydrogens is 410 g/mol. The van der Waals surface area contributed by atoms with Gasteiger partial charge in [0.25, 0.3) is 0 Å². The molecule has 1 aromatic carbocycles. The Morgan fingerprint density at radius 3 is 2.10 bits per heavy atom. The van der Waals surface area contributed by atoms with Crippen molar-refractivity contribution in [1.82, 2.24) is 5.32 Å². The van der Waals surface area contributed by atoms with Crippen molar-refractivity contribution < 1.29 is 42.9 Å². The average molecular weight is 437 g/mol. The van der Waals surface area contributed by atoms with Gasteiger partial charge in [-0.05, 0) is 18.6 Å². The van der Waals surface area contributed by atoms with Crippen LogP contribution in [0.25, 0.3) is 0 Å². The van der Waals surface area contributed by atoms with Crippen LogP contribution >= 0.6 is 0 Å². The van der Waals surface area contributed by atoms with Crippen LogP contribution in [0.4, 0.5) is 0 Å². The zero-order chi connectivity index (χ0) is 23.1. The highest BCUT2D eigenvalue weighted by Crippen LogP contribution is 2.30. The molecule has 170 valence electrons. The van der Waals surface area contributed by atoms with Crippen molar-refractivity contribution in [3.05, 3.63) is 29.8 Å². The maximum Gasteiger partial charge on any atom is 0.303 e. The second-order valence-corrected chi connectivity index (χ2v) is 7.10. The largest absolute Gasteiger partial charge is 0.463 e. The van der Waals surface area contributed by atoms with E-state index in [1.54, 1.807) is 12.1 Å². The minimum Gasteiger partial charge on any atom is -0.463 e. The highest BCUT2D eigenvalue weighted by Gasteiger charge is 2.52. The van der Waals surface area contributed by atoms with Crippen LogP contribution in [0.1, 0.15) is 33.3 Å². The van der Waals surface area contributed by atoms with Crippen LogP contribution in [-0.2, 0) is 38.1 Å². The Hall–Kier alpha value is -3.14. The SMILES string of the molecule is CC(=O)N[C@@H]1[C@H](Oc2ccccc2C)O[C@@H](COC(C)=O)[C@@H](OC(C)=O)[C@H]1OC(C)=O. The first-order chi connectivity index (χ1) is 14.6. The molecule has 10 nitrogen and oxygen atoms in total. The maximum absolute atomic E-state index is 11.9. The van der Waals surface area contributed by atoms with E-state index in [0.29, 0.717) is 5.75 Å². The van der Waals surface area contributed by atoms with E-state index in [1.165, 1.54) is 27.7 Å². The summed E-state index contributed by atoms with van der Waals surface area (Å²) < 4.78 is 27.8. The van der Waals surface area contributed by atoms with Crippen LogP contribution in [-0.4, -0.2) is 61.1 Å². The van der Waals surface area contributed by atoms with Gasteiger partial charge in [0.05, 0.1) is 0 Å². The monoisotopic (exact) mass is 437 g/mol. The summed E-state index contributed by atoms with van der Waals surface area (Å²) in [7, 11) is 0. The molecule has 1 amide bonds. The van der Waals surface area contributed by atoms with E-state index in [1.807, 2.05) is 19.1 Å². The highest BCUT2D eigenvalue weighted by atomic mass is 16.7. The molecule has 10 heteroatoms. The second kappa shape index (κ2) is 10.8. The second-order valence-electron chi connectivity index (χ2n) is 7.10. The fourth-order valence-electron chi connectivity index (χ4n) is 3.21. The smallest absolute Gasteiger partial charge is 0.303 e. The third-order valence-electron chi connectivity index (χ3n) is 4.41. The molecule has 31 heavy (non-hydrogen) atoms. The Kier molecular flexibility index (Phi) is 8.38. The molecule has 0 aromatic heterocycles. The number of ether oxygens (including phenoxy) is 5. The van der Waals surface area contributed by atoms with E-state index < -0.39 is 54.5 Å². The summed E-state index contributed by atoms with van der Waals surface area (Å²) in [6.07, 6.45) is -4.47. The molecule has 5 atom stereocenters. The molecule has 0 unspecified atom stereocenters. The van der Waals surface area contributed by atoms with Gasteiger partial charge in [-0.15, -0.1) is 0 Å². The summed E-state index contributed by atoms with van der Waals surface area (Å²) in [6, 6.07) is 6.12. The molecule has 1 aromatic rings. The molecule has 0 bridgehead atoms. The summed E-state index contributed by atoms with van der Waals surface area (Å²) >= 11 is 0. The van der Waals surface area contributed by atoms with Gasteiger partial charge in [-0.25, -0.2) is 0 Å². The Bertz CT molecular complexity index is 825. The number of esters is 3. The van der Waals surface area contributed by atoms with Crippen LogP contribution in [0.3, 0.4) is 0 Å². The number of hydrogen-bond acceptors (Lipinski definition) is 9. The Labute approximate surface area is 180 Å². The van der Waals surface area contributed by atoms with E-state index >= 15 is 0 Å². The van der Waals surface area contributed by atoms with E-state index in [-0.39, 0.29) is 6.61 Å². The Balaban J connectivity index is 2.46. The summed E-state index contributed by atoms with van der Waals surface area (Å²) in [5.41, 5.74) is 0.801. The number of amides is 1. The molecule has 0 saturated carbocycles. The van der Waals surface area contributed by atoms with Crippen LogP contribution in [0.5, 0.6) is 5.75 Å². The zero-order valence-corrected chi connectivity index (χ0v) is 18.1. The molecule has 1 N–H and O–H groups in total. The third kappa shape index (κ3) is 6.95. The van der Waals surface area contributed by atoms with Crippen LogP contribution < -0.4 is 10.1 Å². The molecule has 1 fully saturated rings. The molecular formula is C21H27NO9. The van der Waals surface area contributed by atoms with Crippen molar-refractivity contribution in [1.29, 1.82) is 0 Å². The number of carbonyl (C=O) groups excluding carboxylic acids is 4. The van der Waals surface area contributed by atoms with E-state index in [9.17, 15) is 19.2 Å². The van der Waals surface area contributed by atoms with E-state index in [0.717, 1.165) is 5.56 Å². The van der Waals surface area contributed by atoms with Crippen molar-refractivity contribution in [3.63, 3.8) is 0 Å². The number of nitrogens with one attached hydrogen (secondary N) is 1. The van der Waals surface area contributed by atoms with E-state index in [4.69, 9.17) is 23.7 Å². The lowest BCUT2D eigenvalue weighted by Gasteiger charge is -2.44. The fourth-order valence-corrected chi connectivity index (χ4v) is 3.21. The number of para-hydroxylation sites is 1. The molecule has 1 heterocycles. The average Bonchev–Trinajstić information content (AvgIpc) is 2.65. The molecule has 0 radical (unpaired) electrons. The highest BCUT2D eigenvalue weighted by molar-refractivity contribution is 5.73. The molecule has 1 aliphatic heterocycles. The van der Waals surface area contributed by atoms with Gasteiger partial charge in [0.1, 0.15) is 24.5 Å². The molecule has 0 spiro atoms. The molecule has 1 aliphatic rings. The van der Waals surface area contributed by atoms with Crippen molar-refractivity contribution in [3.8, 4) is 5.75 Å². The standard InChI is InChI=1S/C21H27NO9/c1-11-8-6-7-9-16(11)30-21-18(22-12(2)23)20(29-15(5)26)19(28-14(4)25)17(31-21)10-27-13(3)24/h6-9,17-21H,10H2,1-5H3,(H,22,23)/t17-,18-,19+,20-,21+/m0/s1. The molecule has 0 aliphatic carbocycles. The van der Waals surface area contributed by atoms with Gasteiger partial charge in [-0.3, -0.25) is 19.2 Å². The van der Waals surface area contributed by atoms with Gasteiger partial charge >= 0.3 is 17.9 Å².